The first kappa shape index (κ1) is 19.0. The lowest BCUT2D eigenvalue weighted by molar-refractivity contribution is 0.897. The van der Waals surface area contributed by atoms with Gasteiger partial charge in [-0.2, -0.15) is 5.10 Å². The van der Waals surface area contributed by atoms with Crippen molar-refractivity contribution in [2.24, 2.45) is 0 Å². The first-order valence-electron chi connectivity index (χ1n) is 11.7. The van der Waals surface area contributed by atoms with Crippen LogP contribution in [0.25, 0.3) is 64.3 Å². The third-order valence-electron chi connectivity index (χ3n) is 6.96. The topological polar surface area (TPSA) is 22.8 Å². The monoisotopic (exact) mass is 465 g/mol. The van der Waals surface area contributed by atoms with Gasteiger partial charge in [-0.15, -0.1) is 11.3 Å². The zero-order valence-electron chi connectivity index (χ0n) is 18.7. The van der Waals surface area contributed by atoms with Crippen LogP contribution in [0.1, 0.15) is 0 Å². The number of nitrogens with zero attached hydrogens (tertiary/aromatic N) is 3. The molecule has 0 spiro atoms. The van der Waals surface area contributed by atoms with Crippen LogP contribution in [0.2, 0.25) is 0 Å². The Morgan fingerprint density at radius 1 is 0.600 bits per heavy atom. The van der Waals surface area contributed by atoms with Crippen LogP contribution in [0.3, 0.4) is 0 Å². The van der Waals surface area contributed by atoms with Crippen LogP contribution in [-0.4, -0.2) is 14.3 Å². The van der Waals surface area contributed by atoms with Crippen molar-refractivity contribution in [3.63, 3.8) is 0 Å². The van der Waals surface area contributed by atoms with E-state index in [-0.39, 0.29) is 0 Å². The van der Waals surface area contributed by atoms with Gasteiger partial charge in [0.2, 0.25) is 0 Å². The summed E-state index contributed by atoms with van der Waals surface area (Å²) in [6.07, 6.45) is 2.13. The van der Waals surface area contributed by atoms with Crippen molar-refractivity contribution in [1.82, 2.24) is 14.3 Å². The van der Waals surface area contributed by atoms with Gasteiger partial charge in [0.05, 0.1) is 27.1 Å². The average molecular weight is 466 g/mol. The van der Waals surface area contributed by atoms with Crippen molar-refractivity contribution in [3.8, 4) is 11.4 Å². The number of para-hydroxylation sites is 2. The molecule has 0 saturated heterocycles. The van der Waals surface area contributed by atoms with Gasteiger partial charge in [0.1, 0.15) is 5.52 Å². The molecule has 0 aliphatic rings. The molecule has 0 aliphatic carbocycles. The lowest BCUT2D eigenvalue weighted by Gasteiger charge is -2.09. The molecule has 8 rings (SSSR count). The predicted octanol–water partition coefficient (Wildman–Crippen LogP) is 8.49. The third-order valence-corrected chi connectivity index (χ3v) is 8.16. The SMILES string of the molecule is c1ccc(-n2cc3ccc4c5ccccc5n(-c5cccc6c5sc5ccccc56)c4c3n2)cc1. The highest BCUT2D eigenvalue weighted by Crippen LogP contribution is 2.42. The number of hydrogen-bond donors (Lipinski definition) is 0. The minimum absolute atomic E-state index is 1.01. The number of rotatable bonds is 2. The summed E-state index contributed by atoms with van der Waals surface area (Å²) in [7, 11) is 0. The van der Waals surface area contributed by atoms with Crippen LogP contribution in [0.4, 0.5) is 0 Å². The average Bonchev–Trinajstić information content (AvgIpc) is 3.60. The first-order valence-corrected chi connectivity index (χ1v) is 12.6. The van der Waals surface area contributed by atoms with Crippen LogP contribution in [0, 0.1) is 0 Å². The van der Waals surface area contributed by atoms with Gasteiger partial charge in [-0.25, -0.2) is 4.68 Å². The summed E-state index contributed by atoms with van der Waals surface area (Å²) < 4.78 is 7.03. The van der Waals surface area contributed by atoms with E-state index in [2.05, 4.69) is 114 Å². The summed E-state index contributed by atoms with van der Waals surface area (Å²) >= 11 is 1.86. The minimum atomic E-state index is 1.01. The Morgan fingerprint density at radius 2 is 1.37 bits per heavy atom. The van der Waals surface area contributed by atoms with E-state index in [0.29, 0.717) is 0 Å². The van der Waals surface area contributed by atoms with E-state index in [0.717, 1.165) is 22.1 Å². The maximum Gasteiger partial charge on any atom is 0.117 e. The molecule has 0 atom stereocenters. The summed E-state index contributed by atoms with van der Waals surface area (Å²) in [5.74, 6) is 0. The molecule has 0 bridgehead atoms. The highest BCUT2D eigenvalue weighted by atomic mass is 32.1. The van der Waals surface area contributed by atoms with Crippen molar-refractivity contribution < 1.29 is 0 Å². The second-order valence-corrected chi connectivity index (χ2v) is 9.97. The van der Waals surface area contributed by atoms with Crippen molar-refractivity contribution >= 4 is 64.2 Å². The summed E-state index contributed by atoms with van der Waals surface area (Å²) in [6.45, 7) is 0. The van der Waals surface area contributed by atoms with Crippen LogP contribution in [0.15, 0.2) is 115 Å². The number of aromatic nitrogens is 3. The highest BCUT2D eigenvalue weighted by Gasteiger charge is 2.19. The second-order valence-electron chi connectivity index (χ2n) is 8.91. The molecule has 0 unspecified atom stereocenters. The predicted molar refractivity (Wildman–Crippen MR) is 148 cm³/mol. The Balaban J connectivity index is 1.55. The van der Waals surface area contributed by atoms with E-state index in [9.17, 15) is 0 Å². The molecule has 3 aromatic heterocycles. The van der Waals surface area contributed by atoms with E-state index in [1.54, 1.807) is 0 Å². The van der Waals surface area contributed by atoms with Crippen molar-refractivity contribution in [1.29, 1.82) is 0 Å². The van der Waals surface area contributed by atoms with Crippen LogP contribution >= 0.6 is 11.3 Å². The molecule has 4 heteroatoms. The molecule has 5 aromatic carbocycles. The zero-order valence-corrected chi connectivity index (χ0v) is 19.5. The van der Waals surface area contributed by atoms with Gasteiger partial charge < -0.3 is 4.57 Å². The molecular weight excluding hydrogens is 446 g/mol. The summed E-state index contributed by atoms with van der Waals surface area (Å²) in [5, 5.41) is 11.3. The van der Waals surface area contributed by atoms with Crippen molar-refractivity contribution in [2.75, 3.05) is 0 Å². The van der Waals surface area contributed by atoms with Gasteiger partial charge in [0.15, 0.2) is 0 Å². The molecular formula is C31H19N3S. The van der Waals surface area contributed by atoms with Gasteiger partial charge >= 0.3 is 0 Å². The molecule has 0 amide bonds. The van der Waals surface area contributed by atoms with Gasteiger partial charge in [0.25, 0.3) is 0 Å². The Kier molecular flexibility index (Phi) is 3.82. The fraction of sp³-hybridized carbons (Fsp3) is 0. The normalized spacial score (nSPS) is 12.0. The molecule has 164 valence electrons. The first-order chi connectivity index (χ1) is 17.4. The van der Waals surface area contributed by atoms with Crippen LogP contribution < -0.4 is 0 Å². The Hall–Kier alpha value is -4.41. The fourth-order valence-electron chi connectivity index (χ4n) is 5.41. The maximum absolute atomic E-state index is 5.11. The highest BCUT2D eigenvalue weighted by molar-refractivity contribution is 7.26. The lowest BCUT2D eigenvalue weighted by atomic mass is 10.1. The smallest absolute Gasteiger partial charge is 0.117 e. The maximum atomic E-state index is 5.11. The number of fused-ring (bicyclic) bond motifs is 8. The van der Waals surface area contributed by atoms with Gasteiger partial charge in [0, 0.05) is 37.8 Å². The minimum Gasteiger partial charge on any atom is -0.306 e. The summed E-state index contributed by atoms with van der Waals surface area (Å²) in [4.78, 5) is 0. The quantitative estimate of drug-likeness (QED) is 0.251. The second kappa shape index (κ2) is 7.05. The van der Waals surface area contributed by atoms with Gasteiger partial charge in [-0.3, -0.25) is 0 Å². The molecule has 3 nitrogen and oxygen atoms in total. The Bertz CT molecular complexity index is 2060. The summed E-state index contributed by atoms with van der Waals surface area (Å²) in [5.41, 5.74) is 5.64. The van der Waals surface area contributed by atoms with Crippen LogP contribution in [-0.2, 0) is 0 Å². The standard InChI is InChI=1S/C31H19N3S/c1-2-9-21(10-3-1)33-19-20-17-18-24-22-11-4-6-14-26(22)34(30(24)29(20)32-33)27-15-8-13-25-23-12-5-7-16-28(23)35-31(25)27/h1-19H. The molecule has 3 heterocycles. The van der Waals surface area contributed by atoms with E-state index in [4.69, 9.17) is 5.10 Å². The number of hydrogen-bond acceptors (Lipinski definition) is 2. The molecule has 0 saturated carbocycles. The van der Waals surface area contributed by atoms with E-state index >= 15 is 0 Å². The van der Waals surface area contributed by atoms with E-state index < -0.39 is 0 Å². The van der Waals surface area contributed by atoms with E-state index in [1.807, 2.05) is 22.1 Å². The molecule has 0 fully saturated rings. The molecule has 0 aliphatic heterocycles. The third kappa shape index (κ3) is 2.63. The van der Waals surface area contributed by atoms with Gasteiger partial charge in [-0.05, 0) is 30.3 Å². The Labute approximate surface area is 205 Å². The van der Waals surface area contributed by atoms with Gasteiger partial charge in [-0.1, -0.05) is 78.9 Å². The van der Waals surface area contributed by atoms with Crippen LogP contribution in [0.5, 0.6) is 0 Å². The van der Waals surface area contributed by atoms with E-state index in [1.165, 1.54) is 42.1 Å². The largest absolute Gasteiger partial charge is 0.306 e. The number of thiophene rings is 1. The van der Waals surface area contributed by atoms with Crippen molar-refractivity contribution in [3.05, 3.63) is 115 Å². The molecule has 8 aromatic rings. The Morgan fingerprint density at radius 3 is 2.29 bits per heavy atom. The molecule has 35 heavy (non-hydrogen) atoms. The fourth-order valence-corrected chi connectivity index (χ4v) is 6.61. The molecule has 0 radical (unpaired) electrons. The lowest BCUT2D eigenvalue weighted by Crippen LogP contribution is -1.96. The summed E-state index contributed by atoms with van der Waals surface area (Å²) in [6, 6.07) is 38.8. The molecule has 0 N–H and O–H groups in total. The zero-order chi connectivity index (χ0) is 22.9. The number of benzene rings is 5. The van der Waals surface area contributed by atoms with Crippen molar-refractivity contribution in [2.45, 2.75) is 0 Å².